The zero-order valence-electron chi connectivity index (χ0n) is 10.7. The summed E-state index contributed by atoms with van der Waals surface area (Å²) in [6, 6.07) is 8.56. The van der Waals surface area contributed by atoms with Crippen molar-refractivity contribution in [2.24, 2.45) is 0 Å². The lowest BCUT2D eigenvalue weighted by atomic mass is 10.3. The van der Waals surface area contributed by atoms with Gasteiger partial charge < -0.3 is 14.6 Å². The van der Waals surface area contributed by atoms with Crippen molar-refractivity contribution < 1.29 is 19.4 Å². The third-order valence-electron chi connectivity index (χ3n) is 2.61. The normalized spacial score (nSPS) is 10.2. The van der Waals surface area contributed by atoms with Gasteiger partial charge in [-0.25, -0.2) is 0 Å². The van der Waals surface area contributed by atoms with Crippen molar-refractivity contribution in [3.8, 4) is 17.3 Å². The van der Waals surface area contributed by atoms with Gasteiger partial charge in [-0.1, -0.05) is 12.1 Å². The van der Waals surface area contributed by atoms with Gasteiger partial charge in [0.2, 0.25) is 5.88 Å². The first-order chi connectivity index (χ1) is 9.15. The van der Waals surface area contributed by atoms with E-state index in [-0.39, 0.29) is 12.3 Å². The van der Waals surface area contributed by atoms with Gasteiger partial charge in [-0.05, 0) is 12.1 Å². The summed E-state index contributed by atoms with van der Waals surface area (Å²) < 4.78 is 11.1. The van der Waals surface area contributed by atoms with E-state index in [1.807, 2.05) is 6.07 Å². The number of aromatic hydroxyl groups is 1. The summed E-state index contributed by atoms with van der Waals surface area (Å²) in [6.07, 6.45) is 0.00616. The van der Waals surface area contributed by atoms with Crippen LogP contribution in [0, 0.1) is 0 Å². The van der Waals surface area contributed by atoms with Crippen LogP contribution in [0.4, 0.5) is 0 Å². The highest BCUT2D eigenvalue weighted by molar-refractivity contribution is 5.71. The van der Waals surface area contributed by atoms with Crippen LogP contribution < -0.4 is 4.74 Å². The van der Waals surface area contributed by atoms with Crippen molar-refractivity contribution in [1.29, 1.82) is 0 Å². The van der Waals surface area contributed by atoms with Crippen molar-refractivity contribution in [3.05, 3.63) is 36.0 Å². The van der Waals surface area contributed by atoms with Crippen molar-refractivity contribution in [2.75, 3.05) is 14.2 Å². The van der Waals surface area contributed by atoms with Gasteiger partial charge in [-0.3, -0.25) is 4.79 Å². The van der Waals surface area contributed by atoms with Crippen LogP contribution in [0.3, 0.4) is 0 Å². The van der Waals surface area contributed by atoms with E-state index < -0.39 is 5.97 Å². The van der Waals surface area contributed by atoms with Crippen LogP contribution in [0.5, 0.6) is 11.6 Å². The number of para-hydroxylation sites is 2. The molecule has 1 N–H and O–H groups in total. The quantitative estimate of drug-likeness (QED) is 0.841. The van der Waals surface area contributed by atoms with Crippen LogP contribution >= 0.6 is 0 Å². The first-order valence-electron chi connectivity index (χ1n) is 5.64. The maximum atomic E-state index is 11.2. The number of carbonyl (C=O) groups is 1. The SMILES string of the molecule is COC(=O)Cc1cc(O)n(-c2ccccc2OC)n1. The number of benzene rings is 1. The van der Waals surface area contributed by atoms with Crippen LogP contribution in [-0.4, -0.2) is 35.1 Å². The smallest absolute Gasteiger partial charge is 0.311 e. The molecule has 0 aliphatic rings. The number of rotatable bonds is 4. The van der Waals surface area contributed by atoms with Crippen LogP contribution in [0.15, 0.2) is 30.3 Å². The zero-order valence-corrected chi connectivity index (χ0v) is 10.7. The summed E-state index contributed by atoms with van der Waals surface area (Å²) >= 11 is 0. The van der Waals surface area contributed by atoms with Crippen LogP contribution in [0.2, 0.25) is 0 Å². The third-order valence-corrected chi connectivity index (χ3v) is 2.61. The lowest BCUT2D eigenvalue weighted by Crippen LogP contribution is -2.06. The Hall–Kier alpha value is -2.50. The number of ether oxygens (including phenoxy) is 2. The standard InChI is InChI=1S/C13H14N2O4/c1-18-11-6-4-3-5-10(11)15-12(16)7-9(14-15)8-13(17)19-2/h3-7,16H,8H2,1-2H3. The number of esters is 1. The van der Waals surface area contributed by atoms with E-state index in [4.69, 9.17) is 4.74 Å². The van der Waals surface area contributed by atoms with Gasteiger partial charge in [-0.2, -0.15) is 9.78 Å². The minimum absolute atomic E-state index is 0.00616. The molecule has 1 aromatic heterocycles. The van der Waals surface area contributed by atoms with Gasteiger partial charge in [0.05, 0.1) is 26.3 Å². The highest BCUT2D eigenvalue weighted by atomic mass is 16.5. The Bertz CT molecular complexity index is 592. The minimum Gasteiger partial charge on any atom is -0.494 e. The van der Waals surface area contributed by atoms with Gasteiger partial charge in [0, 0.05) is 6.07 Å². The fourth-order valence-corrected chi connectivity index (χ4v) is 1.71. The van der Waals surface area contributed by atoms with Crippen molar-refractivity contribution >= 4 is 5.97 Å². The molecule has 1 heterocycles. The fourth-order valence-electron chi connectivity index (χ4n) is 1.71. The second kappa shape index (κ2) is 5.43. The molecule has 0 fully saturated rings. The summed E-state index contributed by atoms with van der Waals surface area (Å²) in [5.74, 6) is 0.0959. The van der Waals surface area contributed by atoms with Crippen molar-refractivity contribution in [1.82, 2.24) is 9.78 Å². The largest absolute Gasteiger partial charge is 0.494 e. The average molecular weight is 262 g/mol. The highest BCUT2D eigenvalue weighted by Gasteiger charge is 2.14. The van der Waals surface area contributed by atoms with Crippen LogP contribution in [-0.2, 0) is 16.0 Å². The molecule has 2 rings (SSSR count). The molecule has 6 nitrogen and oxygen atoms in total. The Balaban J connectivity index is 2.37. The Morgan fingerprint density at radius 3 is 2.79 bits per heavy atom. The summed E-state index contributed by atoms with van der Waals surface area (Å²) in [6.45, 7) is 0. The second-order valence-electron chi connectivity index (χ2n) is 3.83. The number of aromatic nitrogens is 2. The fraction of sp³-hybridized carbons (Fsp3) is 0.231. The van der Waals surface area contributed by atoms with E-state index in [2.05, 4.69) is 9.84 Å². The monoisotopic (exact) mass is 262 g/mol. The minimum atomic E-state index is -0.412. The summed E-state index contributed by atoms with van der Waals surface area (Å²) in [7, 11) is 2.84. The van der Waals surface area contributed by atoms with Gasteiger partial charge in [0.15, 0.2) is 0 Å². The number of hydrogen-bond donors (Lipinski definition) is 1. The van der Waals surface area contributed by atoms with Gasteiger partial charge >= 0.3 is 5.97 Å². The van der Waals surface area contributed by atoms with E-state index in [0.29, 0.717) is 17.1 Å². The lowest BCUT2D eigenvalue weighted by molar-refractivity contribution is -0.139. The number of carbonyl (C=O) groups excluding carboxylic acids is 1. The molecule has 0 bridgehead atoms. The lowest BCUT2D eigenvalue weighted by Gasteiger charge is -2.08. The molecule has 100 valence electrons. The van der Waals surface area contributed by atoms with Gasteiger partial charge in [-0.15, -0.1) is 0 Å². The molecule has 0 saturated heterocycles. The molecule has 0 amide bonds. The van der Waals surface area contributed by atoms with Gasteiger partial charge in [0.25, 0.3) is 0 Å². The van der Waals surface area contributed by atoms with E-state index in [0.717, 1.165) is 0 Å². The second-order valence-corrected chi connectivity index (χ2v) is 3.83. The molecule has 19 heavy (non-hydrogen) atoms. The van der Waals surface area contributed by atoms with Crippen LogP contribution in [0.1, 0.15) is 5.69 Å². The maximum absolute atomic E-state index is 11.2. The molecule has 0 aliphatic heterocycles. The predicted octanol–water partition coefficient (Wildman–Crippen LogP) is 1.30. The average Bonchev–Trinajstić information content (AvgIpc) is 2.79. The van der Waals surface area contributed by atoms with Crippen molar-refractivity contribution in [2.45, 2.75) is 6.42 Å². The molecule has 0 atom stereocenters. The molecular formula is C13H14N2O4. The molecule has 0 radical (unpaired) electrons. The topological polar surface area (TPSA) is 73.6 Å². The Labute approximate surface area is 110 Å². The molecular weight excluding hydrogens is 248 g/mol. The number of methoxy groups -OCH3 is 2. The first-order valence-corrected chi connectivity index (χ1v) is 5.64. The van der Waals surface area contributed by atoms with E-state index in [1.54, 1.807) is 18.2 Å². The summed E-state index contributed by atoms with van der Waals surface area (Å²) in [5, 5.41) is 14.0. The first kappa shape index (κ1) is 12.9. The molecule has 6 heteroatoms. The molecule has 2 aromatic rings. The van der Waals surface area contributed by atoms with Gasteiger partial charge in [0.1, 0.15) is 11.4 Å². The number of hydrogen-bond acceptors (Lipinski definition) is 5. The molecule has 0 unspecified atom stereocenters. The van der Waals surface area contributed by atoms with E-state index in [9.17, 15) is 9.90 Å². The number of nitrogens with zero attached hydrogens (tertiary/aromatic N) is 2. The Morgan fingerprint density at radius 2 is 2.11 bits per heavy atom. The zero-order chi connectivity index (χ0) is 13.8. The summed E-state index contributed by atoms with van der Waals surface area (Å²) in [4.78, 5) is 11.2. The molecule has 0 saturated carbocycles. The van der Waals surface area contributed by atoms with Crippen LogP contribution in [0.25, 0.3) is 5.69 Å². The summed E-state index contributed by atoms with van der Waals surface area (Å²) in [5.41, 5.74) is 1.02. The Morgan fingerprint density at radius 1 is 1.37 bits per heavy atom. The van der Waals surface area contributed by atoms with E-state index >= 15 is 0 Å². The Kier molecular flexibility index (Phi) is 3.70. The molecule has 0 spiro atoms. The predicted molar refractivity (Wildman–Crippen MR) is 67.5 cm³/mol. The third kappa shape index (κ3) is 2.67. The molecule has 1 aromatic carbocycles. The van der Waals surface area contributed by atoms with E-state index in [1.165, 1.54) is 25.0 Å². The maximum Gasteiger partial charge on any atom is 0.311 e. The van der Waals surface area contributed by atoms with Crippen molar-refractivity contribution in [3.63, 3.8) is 0 Å². The molecule has 0 aliphatic carbocycles. The highest BCUT2D eigenvalue weighted by Crippen LogP contribution is 2.26.